The number of carbonyl (C=O) groups excluding carboxylic acids is 1. The van der Waals surface area contributed by atoms with E-state index < -0.39 is 5.91 Å². The van der Waals surface area contributed by atoms with Crippen LogP contribution in [-0.4, -0.2) is 13.0 Å². The lowest BCUT2D eigenvalue weighted by Crippen LogP contribution is -2.14. The quantitative estimate of drug-likeness (QED) is 0.393. The lowest BCUT2D eigenvalue weighted by atomic mass is 10.1. The van der Waals surface area contributed by atoms with Crippen LogP contribution in [0.2, 0.25) is 0 Å². The minimum absolute atomic E-state index is 0.000975. The molecule has 0 bridgehead atoms. The zero-order chi connectivity index (χ0) is 16.8. The third-order valence-electron chi connectivity index (χ3n) is 2.98. The summed E-state index contributed by atoms with van der Waals surface area (Å²) in [4.78, 5) is 12.3. The number of nitrogens with zero attached hydrogens (tertiary/aromatic N) is 1. The van der Waals surface area contributed by atoms with Crippen molar-refractivity contribution in [2.45, 2.75) is 0 Å². The predicted molar refractivity (Wildman–Crippen MR) is 102 cm³/mol. The summed E-state index contributed by atoms with van der Waals surface area (Å²) in [5, 5.41) is 12.0. The van der Waals surface area contributed by atoms with E-state index in [1.807, 2.05) is 30.3 Å². The molecule has 0 heterocycles. The molecule has 4 nitrogen and oxygen atoms in total. The van der Waals surface area contributed by atoms with Gasteiger partial charge >= 0.3 is 0 Å². The molecule has 0 unspecified atom stereocenters. The van der Waals surface area contributed by atoms with Gasteiger partial charge in [-0.15, -0.1) is 0 Å². The molecule has 0 fully saturated rings. The number of methoxy groups -OCH3 is 1. The number of anilines is 1. The van der Waals surface area contributed by atoms with E-state index in [9.17, 15) is 10.1 Å². The monoisotopic (exact) mass is 482 g/mol. The molecule has 0 atom stereocenters. The first kappa shape index (κ1) is 17.5. The van der Waals surface area contributed by atoms with E-state index in [0.29, 0.717) is 17.0 Å². The van der Waals surface area contributed by atoms with Crippen LogP contribution < -0.4 is 10.1 Å². The van der Waals surface area contributed by atoms with E-state index in [-0.39, 0.29) is 5.57 Å². The fourth-order valence-corrected chi connectivity index (χ4v) is 2.78. The largest absolute Gasteiger partial charge is 0.496 e. The first-order chi connectivity index (χ1) is 11.0. The molecule has 0 aliphatic carbocycles. The summed E-state index contributed by atoms with van der Waals surface area (Å²) in [6.45, 7) is 0. The molecule has 1 amide bonds. The van der Waals surface area contributed by atoms with Gasteiger partial charge in [0.2, 0.25) is 0 Å². The average molecular weight is 483 g/mol. The molecule has 2 aromatic carbocycles. The Labute approximate surface area is 156 Å². The molecular formula is C17H12BrIN2O2. The zero-order valence-electron chi connectivity index (χ0n) is 12.1. The summed E-state index contributed by atoms with van der Waals surface area (Å²) in [5.41, 5.74) is 1.32. The van der Waals surface area contributed by atoms with Crippen molar-refractivity contribution < 1.29 is 9.53 Å². The molecule has 1 N–H and O–H groups in total. The van der Waals surface area contributed by atoms with Crippen molar-refractivity contribution in [1.82, 2.24) is 0 Å². The number of nitriles is 1. The summed E-state index contributed by atoms with van der Waals surface area (Å²) in [5.74, 6) is 0.127. The minimum atomic E-state index is -0.460. The Bertz CT molecular complexity index is 812. The first-order valence-electron chi connectivity index (χ1n) is 6.56. The van der Waals surface area contributed by atoms with Crippen LogP contribution in [-0.2, 0) is 4.79 Å². The van der Waals surface area contributed by atoms with E-state index >= 15 is 0 Å². The lowest BCUT2D eigenvalue weighted by Gasteiger charge is -2.08. The second kappa shape index (κ2) is 8.13. The molecule has 2 rings (SSSR count). The highest BCUT2D eigenvalue weighted by Gasteiger charge is 2.12. The van der Waals surface area contributed by atoms with Crippen LogP contribution >= 0.6 is 38.5 Å². The Morgan fingerprint density at radius 1 is 1.35 bits per heavy atom. The van der Waals surface area contributed by atoms with Gasteiger partial charge in [0.05, 0.1) is 12.8 Å². The van der Waals surface area contributed by atoms with Gasteiger partial charge < -0.3 is 10.1 Å². The van der Waals surface area contributed by atoms with Crippen molar-refractivity contribution in [1.29, 1.82) is 5.26 Å². The van der Waals surface area contributed by atoms with Gasteiger partial charge in [0.1, 0.15) is 17.4 Å². The minimum Gasteiger partial charge on any atom is -0.496 e. The second-order valence-electron chi connectivity index (χ2n) is 4.49. The van der Waals surface area contributed by atoms with E-state index in [0.717, 1.165) is 8.04 Å². The van der Waals surface area contributed by atoms with Crippen molar-refractivity contribution >= 4 is 56.2 Å². The Morgan fingerprint density at radius 3 is 2.74 bits per heavy atom. The number of nitrogens with one attached hydrogen (secondary N) is 1. The molecule has 0 radical (unpaired) electrons. The van der Waals surface area contributed by atoms with Crippen molar-refractivity contribution in [3.05, 3.63) is 61.6 Å². The van der Waals surface area contributed by atoms with Gasteiger partial charge in [-0.25, -0.2) is 0 Å². The van der Waals surface area contributed by atoms with Gasteiger partial charge in [0.15, 0.2) is 0 Å². The molecule has 0 saturated carbocycles. The molecule has 23 heavy (non-hydrogen) atoms. The molecule has 2 aromatic rings. The Morgan fingerprint density at radius 2 is 2.09 bits per heavy atom. The van der Waals surface area contributed by atoms with E-state index in [1.54, 1.807) is 25.3 Å². The smallest absolute Gasteiger partial charge is 0.266 e. The van der Waals surface area contributed by atoms with Gasteiger partial charge in [-0.3, -0.25) is 4.79 Å². The van der Waals surface area contributed by atoms with Crippen molar-refractivity contribution in [2.75, 3.05) is 12.4 Å². The zero-order valence-corrected chi connectivity index (χ0v) is 15.9. The van der Waals surface area contributed by atoms with Crippen LogP contribution in [0.1, 0.15) is 5.56 Å². The van der Waals surface area contributed by atoms with Gasteiger partial charge in [-0.05, 0) is 59.0 Å². The molecule has 0 spiro atoms. The van der Waals surface area contributed by atoms with Crippen LogP contribution in [0.15, 0.2) is 52.5 Å². The van der Waals surface area contributed by atoms with Gasteiger partial charge in [-0.2, -0.15) is 5.26 Å². The summed E-state index contributed by atoms with van der Waals surface area (Å²) < 4.78 is 6.99. The van der Waals surface area contributed by atoms with Crippen molar-refractivity contribution in [3.63, 3.8) is 0 Å². The Balaban J connectivity index is 2.33. The standard InChI is InChI=1S/C17H12BrIN2O2/c1-23-16-7-6-13(18)9-11(16)8-12(10-20)17(22)21-15-5-3-2-4-14(15)19/h2-9H,1H3,(H,21,22). The number of rotatable bonds is 4. The molecule has 0 saturated heterocycles. The SMILES string of the molecule is COc1ccc(Br)cc1C=C(C#N)C(=O)Nc1ccccc1I. The summed E-state index contributed by atoms with van der Waals surface area (Å²) >= 11 is 5.49. The maximum Gasteiger partial charge on any atom is 0.266 e. The van der Waals surface area contributed by atoms with Gasteiger partial charge in [0, 0.05) is 13.6 Å². The summed E-state index contributed by atoms with van der Waals surface area (Å²) in [7, 11) is 1.54. The maximum absolute atomic E-state index is 12.3. The van der Waals surface area contributed by atoms with Gasteiger partial charge in [0.25, 0.3) is 5.91 Å². The van der Waals surface area contributed by atoms with E-state index in [2.05, 4.69) is 43.8 Å². The highest BCUT2D eigenvalue weighted by Crippen LogP contribution is 2.25. The van der Waals surface area contributed by atoms with E-state index in [1.165, 1.54) is 6.08 Å². The number of halogens is 2. The molecule has 116 valence electrons. The number of hydrogen-bond donors (Lipinski definition) is 1. The fourth-order valence-electron chi connectivity index (χ4n) is 1.87. The van der Waals surface area contributed by atoms with Crippen LogP contribution in [0, 0.1) is 14.9 Å². The lowest BCUT2D eigenvalue weighted by molar-refractivity contribution is -0.112. The summed E-state index contributed by atoms with van der Waals surface area (Å²) in [6, 6.07) is 14.7. The van der Waals surface area contributed by atoms with Crippen molar-refractivity contribution in [2.24, 2.45) is 0 Å². The molecule has 6 heteroatoms. The molecule has 0 aromatic heterocycles. The maximum atomic E-state index is 12.3. The molecule has 0 aliphatic rings. The first-order valence-corrected chi connectivity index (χ1v) is 8.43. The molecular weight excluding hydrogens is 471 g/mol. The Kier molecular flexibility index (Phi) is 6.19. The number of benzene rings is 2. The Hall–Kier alpha value is -1.85. The van der Waals surface area contributed by atoms with Crippen LogP contribution in [0.5, 0.6) is 5.75 Å². The number of hydrogen-bond acceptors (Lipinski definition) is 3. The number of carbonyl (C=O) groups is 1. The fraction of sp³-hybridized carbons (Fsp3) is 0.0588. The predicted octanol–water partition coefficient (Wildman–Crippen LogP) is 4.61. The second-order valence-corrected chi connectivity index (χ2v) is 6.57. The molecule has 0 aliphatic heterocycles. The highest BCUT2D eigenvalue weighted by molar-refractivity contribution is 14.1. The van der Waals surface area contributed by atoms with Crippen molar-refractivity contribution in [3.8, 4) is 11.8 Å². The van der Waals surface area contributed by atoms with Crippen LogP contribution in [0.4, 0.5) is 5.69 Å². The normalized spacial score (nSPS) is 10.8. The van der Waals surface area contributed by atoms with Crippen LogP contribution in [0.3, 0.4) is 0 Å². The third-order valence-corrected chi connectivity index (χ3v) is 4.41. The highest BCUT2D eigenvalue weighted by atomic mass is 127. The van der Waals surface area contributed by atoms with E-state index in [4.69, 9.17) is 4.74 Å². The summed E-state index contributed by atoms with van der Waals surface area (Å²) in [6.07, 6.45) is 1.51. The van der Waals surface area contributed by atoms with Crippen LogP contribution in [0.25, 0.3) is 6.08 Å². The third kappa shape index (κ3) is 4.56. The average Bonchev–Trinajstić information content (AvgIpc) is 2.54. The number of amides is 1. The number of para-hydroxylation sites is 1. The topological polar surface area (TPSA) is 62.1 Å². The number of ether oxygens (including phenoxy) is 1. The van der Waals surface area contributed by atoms with Gasteiger partial charge in [-0.1, -0.05) is 28.1 Å².